The van der Waals surface area contributed by atoms with Gasteiger partial charge in [-0.25, -0.2) is 0 Å². The van der Waals surface area contributed by atoms with Crippen molar-refractivity contribution >= 4 is 39.2 Å². The Hall–Kier alpha value is -1.18. The molecule has 7 heteroatoms. The van der Waals surface area contributed by atoms with Crippen LogP contribution in [-0.2, 0) is 15.1 Å². The first-order chi connectivity index (χ1) is 10.5. The number of amides is 1. The molecule has 0 aromatic heterocycles. The summed E-state index contributed by atoms with van der Waals surface area (Å²) < 4.78 is 12.7. The van der Waals surface area contributed by atoms with Crippen molar-refractivity contribution in [2.45, 2.75) is 18.1 Å². The van der Waals surface area contributed by atoms with Gasteiger partial charge in [-0.3, -0.25) is 9.69 Å². The van der Waals surface area contributed by atoms with Crippen molar-refractivity contribution in [1.29, 1.82) is 0 Å². The molecule has 3 aliphatic rings. The summed E-state index contributed by atoms with van der Waals surface area (Å²) >= 11 is 8.82. The molecule has 116 valence electrons. The third kappa shape index (κ3) is 1.79. The fourth-order valence-corrected chi connectivity index (χ4v) is 4.24. The third-order valence-corrected chi connectivity index (χ3v) is 5.61. The Labute approximate surface area is 142 Å². The van der Waals surface area contributed by atoms with Crippen molar-refractivity contribution in [3.05, 3.63) is 28.2 Å². The number of hydrogen-bond acceptors (Lipinski definition) is 4. The predicted octanol–water partition coefficient (Wildman–Crippen LogP) is 1.79. The van der Waals surface area contributed by atoms with Gasteiger partial charge in [-0.15, -0.1) is 0 Å². The number of benzene rings is 1. The maximum Gasteiger partial charge on any atom is 0.259 e. The van der Waals surface area contributed by atoms with Gasteiger partial charge >= 0.3 is 0 Å². The highest BCUT2D eigenvalue weighted by Crippen LogP contribution is 2.49. The molecule has 0 bridgehead atoms. The Bertz CT molecular complexity index is 683. The van der Waals surface area contributed by atoms with Crippen LogP contribution in [0.5, 0.6) is 5.75 Å². The number of nitrogens with one attached hydrogen (secondary N) is 1. The zero-order valence-corrected chi connectivity index (χ0v) is 14.4. The van der Waals surface area contributed by atoms with E-state index in [0.717, 1.165) is 22.2 Å². The quantitative estimate of drug-likeness (QED) is 0.693. The summed E-state index contributed by atoms with van der Waals surface area (Å²) in [5.74, 6) is 0.601. The zero-order chi connectivity index (χ0) is 15.5. The summed E-state index contributed by atoms with van der Waals surface area (Å²) in [4.78, 5) is 14.6. The molecule has 1 N–H and O–H groups in total. The van der Waals surface area contributed by atoms with Crippen molar-refractivity contribution in [2.24, 2.45) is 5.92 Å². The van der Waals surface area contributed by atoms with Gasteiger partial charge in [0.05, 0.1) is 19.1 Å². The van der Waals surface area contributed by atoms with Gasteiger partial charge in [0.25, 0.3) is 5.91 Å². The van der Waals surface area contributed by atoms with Gasteiger partial charge < -0.3 is 14.8 Å². The monoisotopic (exact) mass is 382 g/mol. The summed E-state index contributed by atoms with van der Waals surface area (Å²) in [6, 6.07) is 5.77. The Morgan fingerprint density at radius 1 is 1.50 bits per heavy atom. The molecule has 2 saturated heterocycles. The van der Waals surface area contributed by atoms with Crippen molar-refractivity contribution in [1.82, 2.24) is 10.2 Å². The fourth-order valence-electron chi connectivity index (χ4n) is 3.64. The summed E-state index contributed by atoms with van der Waals surface area (Å²) in [6.45, 7) is 1.13. The Morgan fingerprint density at radius 3 is 3.05 bits per heavy atom. The molecule has 1 amide bonds. The molecule has 22 heavy (non-hydrogen) atoms. The number of fused-ring (bicyclic) bond motifs is 4. The smallest absolute Gasteiger partial charge is 0.259 e. The zero-order valence-electron chi connectivity index (χ0n) is 12.0. The van der Waals surface area contributed by atoms with Gasteiger partial charge in [0.2, 0.25) is 0 Å². The highest BCUT2D eigenvalue weighted by molar-refractivity contribution is 9.10. The first-order valence-corrected chi connectivity index (χ1v) is 8.39. The van der Waals surface area contributed by atoms with Crippen molar-refractivity contribution in [2.75, 3.05) is 20.3 Å². The van der Waals surface area contributed by atoms with E-state index in [-0.39, 0.29) is 17.9 Å². The van der Waals surface area contributed by atoms with Crippen LogP contribution in [-0.4, -0.2) is 42.3 Å². The largest absolute Gasteiger partial charge is 0.489 e. The molecule has 3 heterocycles. The minimum absolute atomic E-state index is 0.0411. The average molecular weight is 383 g/mol. The van der Waals surface area contributed by atoms with E-state index in [1.165, 1.54) is 4.90 Å². The third-order valence-electron chi connectivity index (χ3n) is 4.74. The van der Waals surface area contributed by atoms with Crippen molar-refractivity contribution < 1.29 is 14.3 Å². The number of carbonyl (C=O) groups is 1. The van der Waals surface area contributed by atoms with E-state index in [9.17, 15) is 4.79 Å². The lowest BCUT2D eigenvalue weighted by Gasteiger charge is -2.46. The standard InChI is InChI=1S/C15H15BrN2O3S/c1-18-13(19)15(17-14(18)22)9-6-8(16)2-3-11(9)21-12-4-5-20-7-10(12)15/h2-3,6,10,12H,4-5,7H2,1H3,(H,17,22)/t10-,12-,15-/m0/s1. The van der Waals surface area contributed by atoms with Crippen LogP contribution in [0.15, 0.2) is 22.7 Å². The summed E-state index contributed by atoms with van der Waals surface area (Å²) in [7, 11) is 1.71. The van der Waals surface area contributed by atoms with Crippen LogP contribution in [0.4, 0.5) is 0 Å². The second-order valence-corrected chi connectivity index (χ2v) is 7.17. The molecule has 2 fully saturated rings. The lowest BCUT2D eigenvalue weighted by Crippen LogP contribution is -2.60. The van der Waals surface area contributed by atoms with Crippen LogP contribution in [0.1, 0.15) is 12.0 Å². The van der Waals surface area contributed by atoms with Gasteiger partial charge in [0.1, 0.15) is 11.9 Å². The normalized spacial score (nSPS) is 33.3. The van der Waals surface area contributed by atoms with E-state index in [2.05, 4.69) is 21.2 Å². The van der Waals surface area contributed by atoms with Crippen LogP contribution < -0.4 is 10.1 Å². The van der Waals surface area contributed by atoms with Gasteiger partial charge in [-0.2, -0.15) is 0 Å². The molecule has 3 aliphatic heterocycles. The number of hydrogen-bond donors (Lipinski definition) is 1. The molecule has 1 spiro atoms. The van der Waals surface area contributed by atoms with E-state index in [0.29, 0.717) is 18.3 Å². The second-order valence-electron chi connectivity index (χ2n) is 5.87. The molecule has 0 radical (unpaired) electrons. The molecule has 0 unspecified atom stereocenters. The van der Waals surface area contributed by atoms with Crippen LogP contribution in [0.2, 0.25) is 0 Å². The Kier molecular flexibility index (Phi) is 3.22. The minimum atomic E-state index is -0.895. The van der Waals surface area contributed by atoms with Crippen molar-refractivity contribution in [3.8, 4) is 5.75 Å². The highest BCUT2D eigenvalue weighted by Gasteiger charge is 2.61. The number of halogens is 1. The number of carbonyl (C=O) groups excluding carboxylic acids is 1. The molecular weight excluding hydrogens is 368 g/mol. The van der Waals surface area contributed by atoms with Gasteiger partial charge in [0.15, 0.2) is 10.7 Å². The summed E-state index contributed by atoms with van der Waals surface area (Å²) in [5.41, 5.74) is -0.0702. The molecule has 1 aromatic carbocycles. The summed E-state index contributed by atoms with van der Waals surface area (Å²) in [6.07, 6.45) is 0.723. The molecule has 5 nitrogen and oxygen atoms in total. The molecule has 0 aliphatic carbocycles. The van der Waals surface area contributed by atoms with Gasteiger partial charge in [-0.05, 0) is 30.4 Å². The van der Waals surface area contributed by atoms with Gasteiger partial charge in [0, 0.05) is 23.5 Å². The highest BCUT2D eigenvalue weighted by atomic mass is 79.9. The van der Waals surface area contributed by atoms with E-state index in [1.54, 1.807) is 7.05 Å². The first-order valence-electron chi connectivity index (χ1n) is 7.19. The van der Waals surface area contributed by atoms with E-state index in [4.69, 9.17) is 21.7 Å². The maximum atomic E-state index is 13.1. The Balaban J connectivity index is 1.95. The van der Waals surface area contributed by atoms with E-state index < -0.39 is 5.54 Å². The predicted molar refractivity (Wildman–Crippen MR) is 87.7 cm³/mol. The molecule has 1 aromatic rings. The van der Waals surface area contributed by atoms with Crippen molar-refractivity contribution in [3.63, 3.8) is 0 Å². The topological polar surface area (TPSA) is 50.8 Å². The van der Waals surface area contributed by atoms with Gasteiger partial charge in [-0.1, -0.05) is 15.9 Å². The number of thiocarbonyl (C=S) groups is 1. The lowest BCUT2D eigenvalue weighted by atomic mass is 9.71. The van der Waals surface area contributed by atoms with Crippen LogP contribution in [0.25, 0.3) is 0 Å². The number of nitrogens with zero attached hydrogens (tertiary/aromatic N) is 1. The van der Waals surface area contributed by atoms with E-state index in [1.807, 2.05) is 18.2 Å². The maximum absolute atomic E-state index is 13.1. The molecule has 3 atom stereocenters. The van der Waals surface area contributed by atoms with Crippen LogP contribution in [0.3, 0.4) is 0 Å². The number of ether oxygens (including phenoxy) is 2. The first kappa shape index (κ1) is 14.4. The molecular formula is C15H15BrN2O3S. The average Bonchev–Trinajstić information content (AvgIpc) is 2.74. The summed E-state index contributed by atoms with van der Waals surface area (Å²) in [5, 5.41) is 3.72. The molecule has 4 rings (SSSR count). The number of rotatable bonds is 0. The second kappa shape index (κ2) is 4.91. The molecule has 0 saturated carbocycles. The fraction of sp³-hybridized carbons (Fsp3) is 0.467. The number of likely N-dealkylation sites (N-methyl/N-ethyl adjacent to an activating group) is 1. The van der Waals surface area contributed by atoms with Crippen LogP contribution >= 0.6 is 28.1 Å². The lowest BCUT2D eigenvalue weighted by molar-refractivity contribution is -0.142. The Morgan fingerprint density at radius 2 is 2.32 bits per heavy atom. The van der Waals surface area contributed by atoms with Crippen LogP contribution in [0, 0.1) is 5.92 Å². The SMILES string of the molecule is CN1C(=O)[C@]2(NC1=S)c1cc(Br)ccc1O[C@H]1CCOC[C@@H]12. The minimum Gasteiger partial charge on any atom is -0.489 e. The van der Waals surface area contributed by atoms with E-state index >= 15 is 0 Å².